The normalized spacial score (nSPS) is 19.1. The molecular weight excluding hydrogens is 580 g/mol. The van der Waals surface area contributed by atoms with Gasteiger partial charge in [-0.05, 0) is 67.3 Å². The number of likely N-dealkylation sites (tertiary alicyclic amines) is 1. The number of H-pyrrole nitrogens is 1. The summed E-state index contributed by atoms with van der Waals surface area (Å²) in [6.07, 6.45) is 11.1. The number of ether oxygens (including phenoxy) is 1. The van der Waals surface area contributed by atoms with Crippen molar-refractivity contribution in [1.82, 2.24) is 35.0 Å². The molecule has 7 rings (SSSR count). The first-order valence-electron chi connectivity index (χ1n) is 15.7. The lowest BCUT2D eigenvalue weighted by Crippen LogP contribution is -2.46. The third-order valence-corrected chi connectivity index (χ3v) is 9.38. The number of rotatable bonds is 10. The Hall–Kier alpha value is -4.87. The van der Waals surface area contributed by atoms with Gasteiger partial charge in [0.05, 0.1) is 12.1 Å². The summed E-state index contributed by atoms with van der Waals surface area (Å²) in [4.78, 5) is 48.7. The van der Waals surface area contributed by atoms with Crippen molar-refractivity contribution in [2.24, 2.45) is 5.92 Å². The maximum absolute atomic E-state index is 13.7. The van der Waals surface area contributed by atoms with Gasteiger partial charge in [-0.2, -0.15) is 5.10 Å². The molecule has 46 heavy (non-hydrogen) atoms. The van der Waals surface area contributed by atoms with Crippen LogP contribution in [0, 0.1) is 5.92 Å². The van der Waals surface area contributed by atoms with Gasteiger partial charge in [-0.15, -0.1) is 0 Å². The van der Waals surface area contributed by atoms with Crippen LogP contribution >= 0.6 is 0 Å². The van der Waals surface area contributed by atoms with Gasteiger partial charge in [0, 0.05) is 93.1 Å². The Morgan fingerprint density at radius 3 is 2.50 bits per heavy atom. The summed E-state index contributed by atoms with van der Waals surface area (Å²) in [5.74, 6) is 1.81. The van der Waals surface area contributed by atoms with Gasteiger partial charge >= 0.3 is 0 Å². The average Bonchev–Trinajstić information content (AvgIpc) is 3.74. The smallest absolute Gasteiger partial charge is 0.170 e. The van der Waals surface area contributed by atoms with Crippen LogP contribution in [0.3, 0.4) is 0 Å². The zero-order chi connectivity index (χ0) is 31.5. The van der Waals surface area contributed by atoms with Crippen LogP contribution in [0.1, 0.15) is 24.8 Å². The van der Waals surface area contributed by atoms with Crippen LogP contribution in [-0.4, -0.2) is 92.0 Å². The first kappa shape index (κ1) is 29.8. The number of piperidine rings is 1. The number of benzene rings is 1. The first-order chi connectivity index (χ1) is 22.5. The molecule has 2 aliphatic heterocycles. The van der Waals surface area contributed by atoms with E-state index in [1.54, 1.807) is 44.2 Å². The minimum atomic E-state index is -0.925. The second-order valence-corrected chi connectivity index (χ2v) is 12.2. The van der Waals surface area contributed by atoms with Crippen molar-refractivity contribution in [3.05, 3.63) is 85.1 Å². The van der Waals surface area contributed by atoms with E-state index in [-0.39, 0.29) is 23.9 Å². The van der Waals surface area contributed by atoms with Crippen LogP contribution in [0.15, 0.2) is 79.5 Å². The highest BCUT2D eigenvalue weighted by atomic mass is 16.5. The molecule has 2 fully saturated rings. The van der Waals surface area contributed by atoms with E-state index in [2.05, 4.69) is 39.9 Å². The predicted molar refractivity (Wildman–Crippen MR) is 174 cm³/mol. The molecule has 0 unspecified atom stereocenters. The Bertz CT molecular complexity index is 1820. The van der Waals surface area contributed by atoms with Gasteiger partial charge in [0.15, 0.2) is 11.6 Å². The molecule has 4 aromatic heterocycles. The average molecular weight is 617 g/mol. The Morgan fingerprint density at radius 2 is 1.76 bits per heavy atom. The molecule has 0 bridgehead atoms. The van der Waals surface area contributed by atoms with Gasteiger partial charge in [0.25, 0.3) is 0 Å². The summed E-state index contributed by atoms with van der Waals surface area (Å²) in [5.41, 5.74) is 3.56. The lowest BCUT2D eigenvalue weighted by atomic mass is 9.91. The van der Waals surface area contributed by atoms with E-state index < -0.39 is 5.60 Å². The number of anilines is 1. The highest BCUT2D eigenvalue weighted by molar-refractivity contribution is 5.95. The van der Waals surface area contributed by atoms with Crippen LogP contribution in [-0.2, 0) is 20.7 Å². The van der Waals surface area contributed by atoms with Crippen LogP contribution in [0.4, 0.5) is 5.82 Å². The number of methoxy groups -OCH3 is 1. The number of ketones is 2. The molecule has 5 aromatic rings. The largest absolute Gasteiger partial charge is 0.369 e. The van der Waals surface area contributed by atoms with Crippen molar-refractivity contribution < 1.29 is 14.3 Å². The van der Waals surface area contributed by atoms with E-state index in [0.717, 1.165) is 65.0 Å². The molecule has 0 saturated carbocycles. The lowest BCUT2D eigenvalue weighted by molar-refractivity contribution is -0.139. The lowest BCUT2D eigenvalue weighted by Gasteiger charge is -2.33. The molecule has 1 atom stereocenters. The fraction of sp³-hybridized carbons (Fsp3) is 0.343. The summed E-state index contributed by atoms with van der Waals surface area (Å²) >= 11 is 0. The highest BCUT2D eigenvalue weighted by Crippen LogP contribution is 2.31. The van der Waals surface area contributed by atoms with Crippen LogP contribution in [0.5, 0.6) is 0 Å². The van der Waals surface area contributed by atoms with E-state index in [1.165, 1.54) is 0 Å². The summed E-state index contributed by atoms with van der Waals surface area (Å²) in [6.45, 7) is 2.95. The molecule has 0 aliphatic carbocycles. The number of carbonyl (C=O) groups excluding carboxylic acids is 2. The zero-order valence-electron chi connectivity index (χ0n) is 25.8. The molecule has 1 N–H and O–H groups in total. The third kappa shape index (κ3) is 6.03. The number of nitrogens with zero attached hydrogens (tertiary/aromatic N) is 7. The van der Waals surface area contributed by atoms with E-state index in [1.807, 2.05) is 42.5 Å². The van der Waals surface area contributed by atoms with Gasteiger partial charge < -0.3 is 9.64 Å². The van der Waals surface area contributed by atoms with Crippen LogP contribution < -0.4 is 4.90 Å². The topological polar surface area (TPSA) is 130 Å². The van der Waals surface area contributed by atoms with Gasteiger partial charge in [-0.1, -0.05) is 6.07 Å². The molecule has 11 heteroatoms. The Morgan fingerprint density at radius 1 is 0.957 bits per heavy atom. The number of aromatic nitrogens is 6. The standard InChI is InChI=1S/C35H36N8O3/c1-46-35(31(45)20-24-3-5-29-28(19-24)33(41-40-29)26-7-14-36-15-8-26)11-18-42(23-35)22-30(44)25-9-16-43(17-10-25)32-6-4-27(21-39-32)34-37-12-2-13-38-34/h2-8,12-15,19,21,25H,9-11,16-18,20,22-23H2,1H3,(H,40,41)/t35-/m0/s1. The molecule has 11 nitrogen and oxygen atoms in total. The minimum absolute atomic E-state index is 0.00207. The molecule has 0 radical (unpaired) electrons. The predicted octanol–water partition coefficient (Wildman–Crippen LogP) is 4.17. The number of aromatic amines is 1. The summed E-state index contributed by atoms with van der Waals surface area (Å²) in [5, 5.41) is 8.53. The van der Waals surface area contributed by atoms with Crippen molar-refractivity contribution in [3.8, 4) is 22.6 Å². The quantitative estimate of drug-likeness (QED) is 0.244. The van der Waals surface area contributed by atoms with E-state index in [4.69, 9.17) is 4.74 Å². The van der Waals surface area contributed by atoms with Gasteiger partial charge in [0.1, 0.15) is 22.9 Å². The van der Waals surface area contributed by atoms with Gasteiger partial charge in [-0.3, -0.25) is 24.6 Å². The maximum atomic E-state index is 13.7. The molecule has 0 spiro atoms. The summed E-state index contributed by atoms with van der Waals surface area (Å²) in [6, 6.07) is 15.6. The molecule has 0 amide bonds. The molecule has 1 aromatic carbocycles. The second kappa shape index (κ2) is 12.9. The van der Waals surface area contributed by atoms with Crippen molar-refractivity contribution in [2.75, 3.05) is 44.7 Å². The van der Waals surface area contributed by atoms with Crippen molar-refractivity contribution in [1.29, 1.82) is 0 Å². The number of nitrogens with one attached hydrogen (secondary N) is 1. The number of fused-ring (bicyclic) bond motifs is 1. The number of pyridine rings is 2. The SMILES string of the molecule is CO[C@@]1(C(=O)Cc2ccc3[nH]nc(-c4ccncc4)c3c2)CCN(CC(=O)C2CCN(c3ccc(-c4ncccn4)cn3)CC2)C1. The fourth-order valence-corrected chi connectivity index (χ4v) is 6.68. The number of Topliss-reactive ketones (excluding diaryl/α,β-unsaturated/α-hetero) is 2. The molecule has 6 heterocycles. The highest BCUT2D eigenvalue weighted by Gasteiger charge is 2.45. The van der Waals surface area contributed by atoms with Gasteiger partial charge in [-0.25, -0.2) is 15.0 Å². The van der Waals surface area contributed by atoms with Crippen molar-refractivity contribution in [2.45, 2.75) is 31.3 Å². The van der Waals surface area contributed by atoms with E-state index >= 15 is 0 Å². The minimum Gasteiger partial charge on any atom is -0.369 e. The van der Waals surface area contributed by atoms with Gasteiger partial charge in [0.2, 0.25) is 0 Å². The van der Waals surface area contributed by atoms with Crippen LogP contribution in [0.2, 0.25) is 0 Å². The molecular formula is C35H36N8O3. The fourth-order valence-electron chi connectivity index (χ4n) is 6.68. The molecule has 2 saturated heterocycles. The van der Waals surface area contributed by atoms with Crippen LogP contribution in [0.25, 0.3) is 33.5 Å². The van der Waals surface area contributed by atoms with E-state index in [0.29, 0.717) is 31.9 Å². The van der Waals surface area contributed by atoms with E-state index in [9.17, 15) is 9.59 Å². The van der Waals surface area contributed by atoms with Crippen molar-refractivity contribution in [3.63, 3.8) is 0 Å². The summed E-state index contributed by atoms with van der Waals surface area (Å²) in [7, 11) is 1.60. The second-order valence-electron chi connectivity index (χ2n) is 12.2. The maximum Gasteiger partial charge on any atom is 0.170 e. The Labute approximate surface area is 267 Å². The molecule has 2 aliphatic rings. The Kier molecular flexibility index (Phi) is 8.33. The monoisotopic (exact) mass is 616 g/mol. The number of hydrogen-bond donors (Lipinski definition) is 1. The zero-order valence-corrected chi connectivity index (χ0v) is 25.8. The van der Waals surface area contributed by atoms with Crippen molar-refractivity contribution >= 4 is 28.3 Å². The first-order valence-corrected chi connectivity index (χ1v) is 15.7. The number of carbonyl (C=O) groups is 2. The third-order valence-electron chi connectivity index (χ3n) is 9.38. The summed E-state index contributed by atoms with van der Waals surface area (Å²) < 4.78 is 5.91. The number of hydrogen-bond acceptors (Lipinski definition) is 10. The molecule has 234 valence electrons. The Balaban J connectivity index is 0.937.